The van der Waals surface area contributed by atoms with Gasteiger partial charge in [0.05, 0.1) is 6.61 Å². The van der Waals surface area contributed by atoms with E-state index in [1.165, 1.54) is 11.8 Å². The van der Waals surface area contributed by atoms with Crippen LogP contribution in [0.5, 0.6) is 0 Å². The minimum Gasteiger partial charge on any atom is -0.388 e. The Balaban J connectivity index is 2.52. The molecule has 1 aliphatic rings. The maximum absolute atomic E-state index is 9.25. The van der Waals surface area contributed by atoms with Gasteiger partial charge in [-0.05, 0) is 6.26 Å². The monoisotopic (exact) mass is 180 g/mol. The summed E-state index contributed by atoms with van der Waals surface area (Å²) in [5.41, 5.74) is -0.423. The molecular weight excluding hydrogens is 168 g/mol. The van der Waals surface area contributed by atoms with Crippen molar-refractivity contribution in [2.24, 2.45) is 0 Å². The van der Waals surface area contributed by atoms with Gasteiger partial charge in [0.15, 0.2) is 0 Å². The first-order chi connectivity index (χ1) is 5.16. The highest BCUT2D eigenvalue weighted by Gasteiger charge is 2.36. The quantitative estimate of drug-likeness (QED) is 0.472. The highest BCUT2D eigenvalue weighted by atomic mass is 32.2. The third-order valence-corrected chi connectivity index (χ3v) is 2.57. The Morgan fingerprint density at radius 1 is 1.27 bits per heavy atom. The first kappa shape index (κ1) is 9.28. The molecule has 3 N–H and O–H groups in total. The molecule has 4 atom stereocenters. The van der Waals surface area contributed by atoms with Crippen LogP contribution >= 0.6 is 11.8 Å². The largest absolute Gasteiger partial charge is 0.388 e. The first-order valence-electron chi connectivity index (χ1n) is 3.35. The molecule has 1 aliphatic heterocycles. The number of aliphatic hydroxyl groups is 3. The van der Waals surface area contributed by atoms with Gasteiger partial charge in [0.1, 0.15) is 23.7 Å². The fourth-order valence-corrected chi connectivity index (χ4v) is 1.64. The van der Waals surface area contributed by atoms with E-state index in [0.29, 0.717) is 0 Å². The molecule has 0 spiro atoms. The van der Waals surface area contributed by atoms with E-state index in [9.17, 15) is 5.11 Å². The lowest BCUT2D eigenvalue weighted by Gasteiger charge is -2.34. The molecule has 0 aromatic carbocycles. The van der Waals surface area contributed by atoms with Crippen LogP contribution in [0.2, 0.25) is 0 Å². The molecule has 0 unspecified atom stereocenters. The predicted molar refractivity (Wildman–Crippen MR) is 41.3 cm³/mol. The molecule has 0 bridgehead atoms. The summed E-state index contributed by atoms with van der Waals surface area (Å²) in [4.78, 5) is 0. The maximum atomic E-state index is 9.25. The molecule has 0 amide bonds. The van der Waals surface area contributed by atoms with Crippen molar-refractivity contribution < 1.29 is 20.1 Å². The average molecular weight is 180 g/mol. The minimum absolute atomic E-state index is 0.0870. The average Bonchev–Trinajstić information content (AvgIpc) is 2.01. The second-order valence-electron chi connectivity index (χ2n) is 2.49. The van der Waals surface area contributed by atoms with Crippen LogP contribution in [0.15, 0.2) is 0 Å². The van der Waals surface area contributed by atoms with Crippen molar-refractivity contribution in [3.63, 3.8) is 0 Å². The molecule has 0 saturated carbocycles. The van der Waals surface area contributed by atoms with E-state index in [1.54, 1.807) is 6.26 Å². The number of aliphatic hydroxyl groups excluding tert-OH is 3. The van der Waals surface area contributed by atoms with Crippen molar-refractivity contribution in [1.29, 1.82) is 0 Å². The SMILES string of the molecule is CS[C@H]1OC[C@@H](O)[C@H](O)[C@H]1O. The van der Waals surface area contributed by atoms with Gasteiger partial charge in [-0.2, -0.15) is 0 Å². The van der Waals surface area contributed by atoms with Crippen molar-refractivity contribution in [1.82, 2.24) is 0 Å². The van der Waals surface area contributed by atoms with Gasteiger partial charge < -0.3 is 20.1 Å². The topological polar surface area (TPSA) is 69.9 Å². The van der Waals surface area contributed by atoms with Crippen molar-refractivity contribution in [3.05, 3.63) is 0 Å². The molecule has 4 nitrogen and oxygen atoms in total. The Morgan fingerprint density at radius 2 is 1.91 bits per heavy atom. The first-order valence-corrected chi connectivity index (χ1v) is 4.64. The maximum Gasteiger partial charge on any atom is 0.131 e. The van der Waals surface area contributed by atoms with Crippen molar-refractivity contribution in [3.8, 4) is 0 Å². The summed E-state index contributed by atoms with van der Waals surface area (Å²) in [6, 6.07) is 0. The lowest BCUT2D eigenvalue weighted by atomic mass is 10.1. The van der Waals surface area contributed by atoms with Gasteiger partial charge in [-0.1, -0.05) is 0 Å². The molecule has 1 fully saturated rings. The van der Waals surface area contributed by atoms with Gasteiger partial charge in [0.25, 0.3) is 0 Å². The van der Waals surface area contributed by atoms with Gasteiger partial charge in [-0.25, -0.2) is 0 Å². The zero-order valence-corrected chi connectivity index (χ0v) is 6.99. The van der Waals surface area contributed by atoms with E-state index in [-0.39, 0.29) is 6.61 Å². The highest BCUT2D eigenvalue weighted by Crippen LogP contribution is 2.22. The highest BCUT2D eigenvalue weighted by molar-refractivity contribution is 7.99. The van der Waals surface area contributed by atoms with Gasteiger partial charge in [0.2, 0.25) is 0 Å². The van der Waals surface area contributed by atoms with Crippen LogP contribution < -0.4 is 0 Å². The van der Waals surface area contributed by atoms with Gasteiger partial charge in [-0.3, -0.25) is 0 Å². The van der Waals surface area contributed by atoms with Crippen LogP contribution in [0.25, 0.3) is 0 Å². The third kappa shape index (κ3) is 1.86. The van der Waals surface area contributed by atoms with E-state index < -0.39 is 23.7 Å². The minimum atomic E-state index is -1.08. The molecule has 1 heterocycles. The van der Waals surface area contributed by atoms with E-state index in [1.807, 2.05) is 0 Å². The van der Waals surface area contributed by atoms with Gasteiger partial charge >= 0.3 is 0 Å². The second kappa shape index (κ2) is 3.73. The normalized spacial score (nSPS) is 45.8. The molecular formula is C6H12O4S. The van der Waals surface area contributed by atoms with Crippen LogP contribution in [0.3, 0.4) is 0 Å². The molecule has 0 radical (unpaired) electrons. The Bertz CT molecular complexity index is 130. The van der Waals surface area contributed by atoms with E-state index in [4.69, 9.17) is 14.9 Å². The molecule has 1 rings (SSSR count). The Labute approximate surface area is 69.2 Å². The standard InChI is InChI=1S/C6H12O4S/c1-11-6-5(9)4(8)3(7)2-10-6/h3-9H,2H2,1H3/t3-,4+,5-,6-/m1/s1. The molecule has 0 aromatic rings. The second-order valence-corrected chi connectivity index (χ2v) is 3.42. The molecule has 11 heavy (non-hydrogen) atoms. The molecule has 0 aromatic heterocycles. The number of hydrogen-bond acceptors (Lipinski definition) is 5. The Kier molecular flexibility index (Phi) is 3.15. The predicted octanol–water partition coefficient (Wildman–Crippen LogP) is -1.21. The molecule has 5 heteroatoms. The lowest BCUT2D eigenvalue weighted by molar-refractivity contribution is -0.161. The van der Waals surface area contributed by atoms with Gasteiger partial charge in [-0.15, -0.1) is 11.8 Å². The number of hydrogen-bond donors (Lipinski definition) is 3. The van der Waals surface area contributed by atoms with Crippen LogP contribution in [0.1, 0.15) is 0 Å². The number of rotatable bonds is 1. The van der Waals surface area contributed by atoms with Gasteiger partial charge in [0, 0.05) is 0 Å². The zero-order chi connectivity index (χ0) is 8.43. The van der Waals surface area contributed by atoms with Crippen LogP contribution in [-0.2, 0) is 4.74 Å². The summed E-state index contributed by atoms with van der Waals surface area (Å²) < 4.78 is 5.03. The Morgan fingerprint density at radius 3 is 2.45 bits per heavy atom. The zero-order valence-electron chi connectivity index (χ0n) is 6.17. The summed E-state index contributed by atoms with van der Waals surface area (Å²) in [7, 11) is 0. The van der Waals surface area contributed by atoms with Crippen LogP contribution in [0, 0.1) is 0 Å². The van der Waals surface area contributed by atoms with E-state index in [0.717, 1.165) is 0 Å². The number of thioether (sulfide) groups is 1. The summed E-state index contributed by atoms with van der Waals surface area (Å²) >= 11 is 1.32. The summed E-state index contributed by atoms with van der Waals surface area (Å²) in [6.07, 6.45) is -1.26. The smallest absolute Gasteiger partial charge is 0.131 e. The van der Waals surface area contributed by atoms with Crippen molar-refractivity contribution in [2.45, 2.75) is 23.7 Å². The molecule has 66 valence electrons. The summed E-state index contributed by atoms with van der Waals surface area (Å²) in [5, 5.41) is 27.4. The fraction of sp³-hybridized carbons (Fsp3) is 1.00. The summed E-state index contributed by atoms with van der Waals surface area (Å²) in [5.74, 6) is 0. The van der Waals surface area contributed by atoms with Crippen LogP contribution in [-0.4, -0.2) is 51.9 Å². The lowest BCUT2D eigenvalue weighted by Crippen LogP contribution is -2.51. The van der Waals surface area contributed by atoms with Crippen LogP contribution in [0.4, 0.5) is 0 Å². The molecule has 1 saturated heterocycles. The Hall–Kier alpha value is 0.190. The van der Waals surface area contributed by atoms with E-state index in [2.05, 4.69) is 0 Å². The fourth-order valence-electron chi connectivity index (χ4n) is 0.987. The number of ether oxygens (including phenoxy) is 1. The molecule has 0 aliphatic carbocycles. The van der Waals surface area contributed by atoms with Crippen molar-refractivity contribution in [2.75, 3.05) is 12.9 Å². The van der Waals surface area contributed by atoms with E-state index >= 15 is 0 Å². The summed E-state index contributed by atoms with van der Waals surface area (Å²) in [6.45, 7) is 0.0870. The third-order valence-electron chi connectivity index (χ3n) is 1.69. The van der Waals surface area contributed by atoms with Crippen molar-refractivity contribution >= 4 is 11.8 Å².